The first kappa shape index (κ1) is 39.5. The highest BCUT2D eigenvalue weighted by atomic mass is 19.3. The van der Waals surface area contributed by atoms with Gasteiger partial charge in [-0.1, -0.05) is 7.43 Å². The molecule has 3 aliphatic heterocycles. The lowest BCUT2D eigenvalue weighted by molar-refractivity contribution is -0.0385. The summed E-state index contributed by atoms with van der Waals surface area (Å²) in [7, 11) is 0. The molecule has 0 aromatic rings. The van der Waals surface area contributed by atoms with Crippen LogP contribution < -0.4 is 0 Å². The third kappa shape index (κ3) is 12.8. The lowest BCUT2D eigenvalue weighted by atomic mass is 10.0. The van der Waals surface area contributed by atoms with Gasteiger partial charge >= 0.3 is 0 Å². The number of hydrogen-bond acceptors (Lipinski definition) is 3. The van der Waals surface area contributed by atoms with Crippen molar-refractivity contribution in [1.82, 2.24) is 14.7 Å². The molecule has 3 heterocycles. The molecule has 0 aromatic heterocycles. The zero-order valence-electron chi connectivity index (χ0n) is 26.7. The van der Waals surface area contributed by atoms with Crippen LogP contribution in [0.2, 0.25) is 0 Å². The molecule has 3 nitrogen and oxygen atoms in total. The van der Waals surface area contributed by atoms with Gasteiger partial charge < -0.3 is 0 Å². The summed E-state index contributed by atoms with van der Waals surface area (Å²) in [5.74, 6) is -8.90. The predicted molar refractivity (Wildman–Crippen MR) is 157 cm³/mol. The number of rotatable bonds is 3. The summed E-state index contributed by atoms with van der Waals surface area (Å²) in [6.07, 6.45) is 1.88. The van der Waals surface area contributed by atoms with Gasteiger partial charge in [-0.3, -0.25) is 14.7 Å². The van der Waals surface area contributed by atoms with Crippen molar-refractivity contribution in [2.75, 3.05) is 39.3 Å². The van der Waals surface area contributed by atoms with Crippen LogP contribution in [-0.2, 0) is 0 Å². The molecule has 0 saturated carbocycles. The predicted octanol–water partition coefficient (Wildman–Crippen LogP) is 8.92. The van der Waals surface area contributed by atoms with Crippen LogP contribution in [0.25, 0.3) is 0 Å². The monoisotopic (exact) mass is 589 g/mol. The van der Waals surface area contributed by atoms with Gasteiger partial charge in [-0.25, -0.2) is 26.3 Å². The average molecular weight is 590 g/mol. The van der Waals surface area contributed by atoms with Crippen LogP contribution in [0.5, 0.6) is 0 Å². The minimum Gasteiger partial charge on any atom is -0.298 e. The van der Waals surface area contributed by atoms with Crippen molar-refractivity contribution in [3.05, 3.63) is 0 Å². The van der Waals surface area contributed by atoms with Crippen LogP contribution in [-0.4, -0.2) is 88.4 Å². The molecule has 1 unspecified atom stereocenters. The molecule has 0 radical (unpaired) electrons. The van der Waals surface area contributed by atoms with Gasteiger partial charge in [0.15, 0.2) is 0 Å². The first-order valence-corrected chi connectivity index (χ1v) is 14.5. The third-order valence-corrected chi connectivity index (χ3v) is 8.56. The van der Waals surface area contributed by atoms with E-state index in [1.54, 1.807) is 0 Å². The maximum Gasteiger partial charge on any atom is 0.249 e. The van der Waals surface area contributed by atoms with Gasteiger partial charge in [0, 0.05) is 54.0 Å². The number of hydrogen-bond donors (Lipinski definition) is 0. The largest absolute Gasteiger partial charge is 0.298 e. The van der Waals surface area contributed by atoms with E-state index in [0.717, 1.165) is 40.4 Å². The summed E-state index contributed by atoms with van der Waals surface area (Å²) in [6.45, 7) is 25.8. The van der Waals surface area contributed by atoms with E-state index in [1.807, 2.05) is 0 Å². The Morgan fingerprint density at radius 2 is 0.575 bits per heavy atom. The fourth-order valence-corrected chi connectivity index (χ4v) is 5.35. The minimum atomic E-state index is -2.51. The first-order valence-electron chi connectivity index (χ1n) is 14.5. The third-order valence-electron chi connectivity index (χ3n) is 8.56. The Kier molecular flexibility index (Phi) is 13.6. The van der Waals surface area contributed by atoms with Gasteiger partial charge in [0.05, 0.1) is 0 Å². The Morgan fingerprint density at radius 1 is 0.400 bits per heavy atom. The second-order valence-electron chi connectivity index (χ2n) is 15.2. The minimum absolute atomic E-state index is 0. The zero-order valence-corrected chi connectivity index (χ0v) is 26.7. The highest BCUT2D eigenvalue weighted by Gasteiger charge is 2.43. The molecule has 40 heavy (non-hydrogen) atoms. The summed E-state index contributed by atoms with van der Waals surface area (Å²) in [6, 6.07) is 0. The molecule has 3 saturated heterocycles. The van der Waals surface area contributed by atoms with Crippen LogP contribution in [0.4, 0.5) is 26.3 Å². The second-order valence-corrected chi connectivity index (χ2v) is 15.2. The molecule has 0 spiro atoms. The molecule has 3 aliphatic rings. The van der Waals surface area contributed by atoms with Crippen LogP contribution in [0.15, 0.2) is 0 Å². The Hall–Kier alpha value is -0.540. The van der Waals surface area contributed by atoms with E-state index < -0.39 is 35.5 Å². The van der Waals surface area contributed by atoms with Crippen molar-refractivity contribution in [3.8, 4) is 0 Å². The molecule has 9 heteroatoms. The standard InChI is InChI=1S/3C10H19F2N.CH4/c3*1-9(2,3)13-6-5-8(7-13)10(4,11)12;/h3*8H,5-7H2,1-4H3;1H4/t2*8-;;/m10../s1. The topological polar surface area (TPSA) is 9.72 Å². The van der Waals surface area contributed by atoms with E-state index in [4.69, 9.17) is 0 Å². The molecule has 3 atom stereocenters. The van der Waals surface area contributed by atoms with Gasteiger partial charge in [0.25, 0.3) is 0 Å². The summed E-state index contributed by atoms with van der Waals surface area (Å²) in [5, 5.41) is 0. The Bertz CT molecular complexity index is 575. The number of nitrogens with zero attached hydrogens (tertiary/aromatic N) is 3. The van der Waals surface area contributed by atoms with Crippen LogP contribution >= 0.6 is 0 Å². The Morgan fingerprint density at radius 3 is 0.650 bits per heavy atom. The van der Waals surface area contributed by atoms with Crippen LogP contribution in [0.3, 0.4) is 0 Å². The Balaban J connectivity index is 0.000000563. The molecule has 242 valence electrons. The molecular formula is C31H61F6N3. The SMILES string of the molecule is C.CC(F)(F)C1CCN(C(C)(C)C)C1.CC(F)(F)[C@@H]1CCN(C(C)(C)C)C1.CC(F)(F)[C@H]1CCN(C(C)(C)C)C1. The van der Waals surface area contributed by atoms with Gasteiger partial charge in [-0.2, -0.15) is 0 Å². The first-order chi connectivity index (χ1) is 17.1. The zero-order chi connectivity index (χ0) is 30.8. The van der Waals surface area contributed by atoms with Crippen molar-refractivity contribution < 1.29 is 26.3 Å². The van der Waals surface area contributed by atoms with Crippen LogP contribution in [0.1, 0.15) is 110 Å². The van der Waals surface area contributed by atoms with Gasteiger partial charge in [-0.05, 0) is 122 Å². The molecule has 3 fully saturated rings. The van der Waals surface area contributed by atoms with E-state index in [-0.39, 0.29) is 24.0 Å². The van der Waals surface area contributed by atoms with Crippen LogP contribution in [0, 0.1) is 17.8 Å². The fourth-order valence-electron chi connectivity index (χ4n) is 5.35. The van der Waals surface area contributed by atoms with E-state index in [0.29, 0.717) is 38.9 Å². The van der Waals surface area contributed by atoms with Crippen molar-refractivity contribution in [2.45, 2.75) is 144 Å². The highest BCUT2D eigenvalue weighted by molar-refractivity contribution is 4.91. The van der Waals surface area contributed by atoms with E-state index in [9.17, 15) is 26.3 Å². The Labute approximate surface area is 242 Å². The maximum atomic E-state index is 13.0. The van der Waals surface area contributed by atoms with E-state index in [2.05, 4.69) is 77.0 Å². The molecule has 0 aliphatic carbocycles. The molecule has 0 amide bonds. The second kappa shape index (κ2) is 13.8. The maximum absolute atomic E-state index is 13.0. The number of likely N-dealkylation sites (tertiary alicyclic amines) is 3. The van der Waals surface area contributed by atoms with Gasteiger partial charge in [0.1, 0.15) is 0 Å². The van der Waals surface area contributed by atoms with Gasteiger partial charge in [0.2, 0.25) is 17.8 Å². The summed E-state index contributed by atoms with van der Waals surface area (Å²) in [4.78, 5) is 6.40. The van der Waals surface area contributed by atoms with Crippen molar-refractivity contribution in [1.29, 1.82) is 0 Å². The molecular weight excluding hydrogens is 528 g/mol. The summed E-state index contributed by atoms with van der Waals surface area (Å²) < 4.78 is 77.8. The van der Waals surface area contributed by atoms with E-state index in [1.165, 1.54) is 0 Å². The number of alkyl halides is 6. The molecule has 0 aromatic carbocycles. The average Bonchev–Trinajstić information content (AvgIpc) is 3.45. The number of halogens is 6. The van der Waals surface area contributed by atoms with Crippen molar-refractivity contribution in [2.24, 2.45) is 17.8 Å². The fraction of sp³-hybridized carbons (Fsp3) is 1.00. The molecule has 3 rings (SSSR count). The summed E-state index contributed by atoms with van der Waals surface area (Å²) in [5.41, 5.74) is 0.0833. The lowest BCUT2D eigenvalue weighted by Crippen LogP contribution is -2.40. The van der Waals surface area contributed by atoms with Gasteiger partial charge in [-0.15, -0.1) is 0 Å². The summed E-state index contributed by atoms with van der Waals surface area (Å²) >= 11 is 0. The smallest absolute Gasteiger partial charge is 0.249 e. The van der Waals surface area contributed by atoms with Crippen molar-refractivity contribution in [3.63, 3.8) is 0 Å². The molecule has 0 N–H and O–H groups in total. The quantitative estimate of drug-likeness (QED) is 0.304. The molecule has 0 bridgehead atoms. The lowest BCUT2D eigenvalue weighted by Gasteiger charge is -2.32. The van der Waals surface area contributed by atoms with E-state index >= 15 is 0 Å². The van der Waals surface area contributed by atoms with Crippen molar-refractivity contribution >= 4 is 0 Å². The normalized spacial score (nSPS) is 26.1. The highest BCUT2D eigenvalue weighted by Crippen LogP contribution is 2.36.